The number of hydrogen-bond acceptors (Lipinski definition) is 5. The fourth-order valence-electron chi connectivity index (χ4n) is 3.86. The number of carbonyl (C=O) groups excluding carboxylic acids is 1. The van der Waals surface area contributed by atoms with E-state index in [1.165, 1.54) is 36.6 Å². The number of benzene rings is 1. The lowest BCUT2D eigenvalue weighted by Gasteiger charge is -2.29. The lowest BCUT2D eigenvalue weighted by atomic mass is 9.86. The van der Waals surface area contributed by atoms with Gasteiger partial charge in [-0.25, -0.2) is 0 Å². The van der Waals surface area contributed by atoms with Crippen LogP contribution >= 0.6 is 11.8 Å². The Hall–Kier alpha value is -2.02. The molecule has 1 aromatic heterocycles. The molecule has 0 saturated heterocycles. The highest BCUT2D eigenvalue weighted by atomic mass is 32.2. The third-order valence-corrected chi connectivity index (χ3v) is 6.78. The Morgan fingerprint density at radius 1 is 1.23 bits per heavy atom. The Bertz CT molecular complexity index is 819. The summed E-state index contributed by atoms with van der Waals surface area (Å²) in [6.45, 7) is 9.73. The maximum atomic E-state index is 12.4. The molecule has 1 heterocycles. The van der Waals surface area contributed by atoms with Gasteiger partial charge in [0.2, 0.25) is 5.91 Å². The average molecular weight is 431 g/mol. The molecule has 0 aliphatic heterocycles. The van der Waals surface area contributed by atoms with Crippen LogP contribution in [0.4, 0.5) is 0 Å². The van der Waals surface area contributed by atoms with E-state index in [9.17, 15) is 4.79 Å². The van der Waals surface area contributed by atoms with Crippen molar-refractivity contribution < 1.29 is 9.53 Å². The second kappa shape index (κ2) is 10.8. The number of carbonyl (C=O) groups is 1. The molecule has 1 fully saturated rings. The second-order valence-corrected chi connectivity index (χ2v) is 9.32. The van der Waals surface area contributed by atoms with Gasteiger partial charge in [0, 0.05) is 12.6 Å². The summed E-state index contributed by atoms with van der Waals surface area (Å²) >= 11 is 1.44. The van der Waals surface area contributed by atoms with Crippen LogP contribution in [0.5, 0.6) is 5.75 Å². The molecule has 2 unspecified atom stereocenters. The Kier molecular flexibility index (Phi) is 8.19. The summed E-state index contributed by atoms with van der Waals surface area (Å²) in [6, 6.07) is 8.49. The third kappa shape index (κ3) is 6.00. The molecule has 1 N–H and O–H groups in total. The van der Waals surface area contributed by atoms with Crippen molar-refractivity contribution in [3.8, 4) is 5.75 Å². The van der Waals surface area contributed by atoms with E-state index in [1.807, 2.05) is 16.7 Å². The highest BCUT2D eigenvalue weighted by molar-refractivity contribution is 7.99. The van der Waals surface area contributed by atoms with Crippen LogP contribution in [0.2, 0.25) is 0 Å². The van der Waals surface area contributed by atoms with Gasteiger partial charge in [-0.05, 0) is 49.3 Å². The summed E-state index contributed by atoms with van der Waals surface area (Å²) in [6.07, 6.45) is 4.76. The molecule has 0 radical (unpaired) electrons. The van der Waals surface area contributed by atoms with Gasteiger partial charge in [-0.2, -0.15) is 0 Å². The predicted octanol–water partition coefficient (Wildman–Crippen LogP) is 4.79. The fraction of sp³-hybridized carbons (Fsp3) is 0.609. The molecular weight excluding hydrogens is 396 g/mol. The van der Waals surface area contributed by atoms with Crippen LogP contribution in [0, 0.1) is 5.92 Å². The minimum absolute atomic E-state index is 0.0763. The van der Waals surface area contributed by atoms with E-state index >= 15 is 0 Å². The minimum atomic E-state index is 0.0763. The van der Waals surface area contributed by atoms with Crippen LogP contribution in [-0.2, 0) is 17.9 Å². The average Bonchev–Trinajstić information content (AvgIpc) is 3.14. The summed E-state index contributed by atoms with van der Waals surface area (Å²) in [5, 5.41) is 12.5. The normalized spacial score (nSPS) is 19.1. The number of nitrogens with one attached hydrogen (secondary N) is 1. The molecule has 3 rings (SSSR count). The van der Waals surface area contributed by atoms with Gasteiger partial charge in [-0.1, -0.05) is 57.5 Å². The van der Waals surface area contributed by atoms with Crippen molar-refractivity contribution in [1.29, 1.82) is 0 Å². The van der Waals surface area contributed by atoms with Gasteiger partial charge in [0.15, 0.2) is 11.0 Å². The number of nitrogens with zero attached hydrogens (tertiary/aromatic N) is 3. The quantitative estimate of drug-likeness (QED) is 0.580. The molecule has 0 spiro atoms. The molecule has 1 saturated carbocycles. The maximum absolute atomic E-state index is 12.4. The zero-order chi connectivity index (χ0) is 21.5. The summed E-state index contributed by atoms with van der Waals surface area (Å²) in [5.74, 6) is 3.09. The Morgan fingerprint density at radius 3 is 2.63 bits per heavy atom. The SMILES string of the molecule is CCn1c(COc2ccc(C(C)C)cc2)nnc1SCC(=O)NC1CCCCC1C. The number of thioether (sulfide) groups is 1. The Labute approximate surface area is 184 Å². The van der Waals surface area contributed by atoms with Gasteiger partial charge >= 0.3 is 0 Å². The van der Waals surface area contributed by atoms with Crippen molar-refractivity contribution >= 4 is 17.7 Å². The van der Waals surface area contributed by atoms with Gasteiger partial charge in [0.05, 0.1) is 5.75 Å². The van der Waals surface area contributed by atoms with E-state index in [2.05, 4.69) is 55.3 Å². The smallest absolute Gasteiger partial charge is 0.230 e. The molecule has 6 nitrogen and oxygen atoms in total. The monoisotopic (exact) mass is 430 g/mol. The largest absolute Gasteiger partial charge is 0.486 e. The zero-order valence-electron chi connectivity index (χ0n) is 18.6. The van der Waals surface area contributed by atoms with Gasteiger partial charge in [-0.15, -0.1) is 10.2 Å². The molecule has 1 aliphatic rings. The molecule has 7 heteroatoms. The van der Waals surface area contributed by atoms with Gasteiger partial charge < -0.3 is 14.6 Å². The van der Waals surface area contributed by atoms with Gasteiger partial charge in [-0.3, -0.25) is 4.79 Å². The number of ether oxygens (including phenoxy) is 1. The standard InChI is InChI=1S/C23H34N4O2S/c1-5-27-21(14-29-19-12-10-18(11-13-19)16(2)3)25-26-23(27)30-15-22(28)24-20-9-7-6-8-17(20)4/h10-13,16-17,20H,5-9,14-15H2,1-4H3,(H,24,28). The van der Waals surface area contributed by atoms with Crippen molar-refractivity contribution in [3.05, 3.63) is 35.7 Å². The Morgan fingerprint density at radius 2 is 1.97 bits per heavy atom. The molecule has 1 aliphatic carbocycles. The first kappa shape index (κ1) is 22.7. The van der Waals surface area contributed by atoms with Crippen molar-refractivity contribution in [2.45, 2.75) is 83.6 Å². The molecule has 164 valence electrons. The number of aromatic nitrogens is 3. The van der Waals surface area contributed by atoms with Crippen molar-refractivity contribution in [3.63, 3.8) is 0 Å². The maximum Gasteiger partial charge on any atom is 0.230 e. The summed E-state index contributed by atoms with van der Waals surface area (Å²) in [7, 11) is 0. The lowest BCUT2D eigenvalue weighted by Crippen LogP contribution is -2.41. The van der Waals surface area contributed by atoms with Crippen molar-refractivity contribution in [2.75, 3.05) is 5.75 Å². The molecule has 2 aromatic rings. The van der Waals surface area contributed by atoms with E-state index in [-0.39, 0.29) is 5.91 Å². The lowest BCUT2D eigenvalue weighted by molar-refractivity contribution is -0.119. The molecule has 2 atom stereocenters. The van der Waals surface area contributed by atoms with Crippen molar-refractivity contribution in [2.24, 2.45) is 5.92 Å². The molecule has 0 bridgehead atoms. The zero-order valence-corrected chi connectivity index (χ0v) is 19.4. The third-order valence-electron chi connectivity index (χ3n) is 5.81. The van der Waals surface area contributed by atoms with E-state index in [0.29, 0.717) is 30.2 Å². The van der Waals surface area contributed by atoms with E-state index < -0.39 is 0 Å². The van der Waals surface area contributed by atoms with Crippen LogP contribution in [0.1, 0.15) is 70.7 Å². The van der Waals surface area contributed by atoms with Gasteiger partial charge in [0.1, 0.15) is 12.4 Å². The highest BCUT2D eigenvalue weighted by Crippen LogP contribution is 2.24. The van der Waals surface area contributed by atoms with E-state index in [0.717, 1.165) is 29.7 Å². The fourth-order valence-corrected chi connectivity index (χ4v) is 4.69. The summed E-state index contributed by atoms with van der Waals surface area (Å²) in [5.41, 5.74) is 1.29. The predicted molar refractivity (Wildman–Crippen MR) is 121 cm³/mol. The number of amides is 1. The number of rotatable bonds is 9. The summed E-state index contributed by atoms with van der Waals surface area (Å²) < 4.78 is 7.93. The first-order valence-corrected chi connectivity index (χ1v) is 12.0. The van der Waals surface area contributed by atoms with Crippen molar-refractivity contribution in [1.82, 2.24) is 20.1 Å². The topological polar surface area (TPSA) is 69.0 Å². The van der Waals surface area contributed by atoms with Crippen LogP contribution in [0.15, 0.2) is 29.4 Å². The van der Waals surface area contributed by atoms with Crippen LogP contribution < -0.4 is 10.1 Å². The van der Waals surface area contributed by atoms with Crippen LogP contribution in [0.3, 0.4) is 0 Å². The van der Waals surface area contributed by atoms with Crippen LogP contribution in [0.25, 0.3) is 0 Å². The number of hydrogen-bond donors (Lipinski definition) is 1. The molecule has 30 heavy (non-hydrogen) atoms. The van der Waals surface area contributed by atoms with E-state index in [1.54, 1.807) is 0 Å². The molecule has 1 amide bonds. The van der Waals surface area contributed by atoms with E-state index in [4.69, 9.17) is 4.74 Å². The first-order valence-electron chi connectivity index (χ1n) is 11.0. The summed E-state index contributed by atoms with van der Waals surface area (Å²) in [4.78, 5) is 12.4. The molecule has 1 aromatic carbocycles. The van der Waals surface area contributed by atoms with Crippen LogP contribution in [-0.4, -0.2) is 32.5 Å². The first-order chi connectivity index (χ1) is 14.5. The minimum Gasteiger partial charge on any atom is -0.486 e. The highest BCUT2D eigenvalue weighted by Gasteiger charge is 2.23. The van der Waals surface area contributed by atoms with Gasteiger partial charge in [0.25, 0.3) is 0 Å². The molecular formula is C23H34N4O2S. The Balaban J connectivity index is 1.52. The second-order valence-electron chi connectivity index (χ2n) is 8.38.